The van der Waals surface area contributed by atoms with E-state index in [2.05, 4.69) is 27.7 Å². The van der Waals surface area contributed by atoms with E-state index in [4.69, 9.17) is 15.1 Å². The number of aliphatic hydroxyl groups is 1. The van der Waals surface area contributed by atoms with Gasteiger partial charge < -0.3 is 14.9 Å². The van der Waals surface area contributed by atoms with Crippen LogP contribution in [0, 0.1) is 17.1 Å². The van der Waals surface area contributed by atoms with Crippen LogP contribution >= 0.6 is 22.7 Å². The van der Waals surface area contributed by atoms with E-state index < -0.39 is 0 Å². The van der Waals surface area contributed by atoms with Crippen molar-refractivity contribution in [2.45, 2.75) is 38.0 Å². The van der Waals surface area contributed by atoms with Gasteiger partial charge >= 0.3 is 0 Å². The molecular formula is C27H30FN9OS2. The molecular weight excluding hydrogens is 549 g/mol. The number of hydrogen-bond acceptors (Lipinski definition) is 11. The van der Waals surface area contributed by atoms with E-state index in [1.165, 1.54) is 23.5 Å². The topological polar surface area (TPSA) is 100 Å². The van der Waals surface area contributed by atoms with Crippen LogP contribution in [0.5, 0.6) is 0 Å². The van der Waals surface area contributed by atoms with Crippen LogP contribution in [0.15, 0.2) is 24.3 Å². The number of benzene rings is 1. The number of nitrogens with zero attached hydrogens (tertiary/aromatic N) is 9. The number of aromatic nitrogens is 4. The molecule has 3 aliphatic heterocycles. The van der Waals surface area contributed by atoms with E-state index >= 15 is 0 Å². The Kier molecular flexibility index (Phi) is 6.47. The number of hydrogen-bond donors (Lipinski definition) is 1. The summed E-state index contributed by atoms with van der Waals surface area (Å²) in [5, 5.41) is 26.0. The maximum absolute atomic E-state index is 13.5. The van der Waals surface area contributed by atoms with Crippen molar-refractivity contribution in [1.29, 1.82) is 5.26 Å². The van der Waals surface area contributed by atoms with Gasteiger partial charge in [0.1, 0.15) is 22.5 Å². The van der Waals surface area contributed by atoms with Crippen LogP contribution in [0.2, 0.25) is 0 Å². The van der Waals surface area contributed by atoms with Gasteiger partial charge in [-0.25, -0.2) is 14.4 Å². The number of thiazole rings is 1. The molecule has 3 saturated heterocycles. The average Bonchev–Trinajstić information content (AvgIpc) is 3.75. The zero-order valence-corrected chi connectivity index (χ0v) is 24.0. The maximum atomic E-state index is 13.5. The highest BCUT2D eigenvalue weighted by molar-refractivity contribution is 7.20. The van der Waals surface area contributed by atoms with Crippen molar-refractivity contribution in [3.63, 3.8) is 0 Å². The van der Waals surface area contributed by atoms with E-state index in [9.17, 15) is 14.8 Å². The zero-order valence-electron chi connectivity index (χ0n) is 22.4. The normalized spacial score (nSPS) is 21.4. The zero-order chi connectivity index (χ0) is 27.5. The number of imidazole rings is 1. The summed E-state index contributed by atoms with van der Waals surface area (Å²) in [5.41, 5.74) is 2.18. The number of fused-ring (bicyclic) bond motifs is 3. The summed E-state index contributed by atoms with van der Waals surface area (Å²) in [6.07, 6.45) is 1.75. The number of piperazine rings is 1. The van der Waals surface area contributed by atoms with Gasteiger partial charge in [0.15, 0.2) is 10.9 Å². The monoisotopic (exact) mass is 579 g/mol. The molecule has 2 bridgehead atoms. The van der Waals surface area contributed by atoms with Gasteiger partial charge in [-0.2, -0.15) is 9.78 Å². The van der Waals surface area contributed by atoms with E-state index in [1.807, 2.05) is 16.5 Å². The number of aryl methyl sites for hydroxylation is 1. The lowest BCUT2D eigenvalue weighted by Gasteiger charge is -2.39. The number of anilines is 3. The summed E-state index contributed by atoms with van der Waals surface area (Å²) in [5.74, 6) is 0.529. The number of aliphatic hydroxyl groups excluding tert-OH is 1. The van der Waals surface area contributed by atoms with Crippen molar-refractivity contribution in [2.75, 3.05) is 56.1 Å². The molecule has 0 saturated carbocycles. The van der Waals surface area contributed by atoms with Gasteiger partial charge in [-0.05, 0) is 37.1 Å². The third-order valence-electron chi connectivity index (χ3n) is 8.25. The van der Waals surface area contributed by atoms with Gasteiger partial charge in [-0.1, -0.05) is 29.6 Å². The first-order valence-electron chi connectivity index (χ1n) is 13.6. The molecule has 3 aliphatic rings. The highest BCUT2D eigenvalue weighted by Crippen LogP contribution is 2.40. The molecule has 3 fully saturated rings. The van der Waals surface area contributed by atoms with Gasteiger partial charge in [0.25, 0.3) is 0 Å². The molecule has 6 heterocycles. The molecule has 0 amide bonds. The molecule has 0 radical (unpaired) electrons. The summed E-state index contributed by atoms with van der Waals surface area (Å²) >= 11 is 2.93. The van der Waals surface area contributed by atoms with Crippen molar-refractivity contribution in [2.24, 2.45) is 0 Å². The van der Waals surface area contributed by atoms with Crippen LogP contribution in [-0.2, 0) is 6.42 Å². The Morgan fingerprint density at radius 2 is 1.90 bits per heavy atom. The fourth-order valence-corrected chi connectivity index (χ4v) is 7.98. The Hall–Kier alpha value is -3.15. The molecule has 0 unspecified atom stereocenters. The first-order valence-corrected chi connectivity index (χ1v) is 15.2. The van der Waals surface area contributed by atoms with Crippen molar-refractivity contribution in [1.82, 2.24) is 29.4 Å². The first-order chi connectivity index (χ1) is 19.4. The lowest BCUT2D eigenvalue weighted by atomic mass is 10.1. The minimum absolute atomic E-state index is 0.146. The standard InChI is InChI=1S/C27H30FN9OS2/c1-3-21-24(33(2)25-31-23(22(11-29)39-25)16-4-6-17(28)7-5-16)37-26(30-21)40-27(32-37)36-13-18-10-19(36)12-35(18)9-8-34-14-20(38)15-34/h4-7,18-20,38H,3,8-10,12-15H2,1-2H3/t18-,19-/m0/s1. The Morgan fingerprint density at radius 1 is 1.10 bits per heavy atom. The Bertz CT molecular complexity index is 1590. The second-order valence-electron chi connectivity index (χ2n) is 10.8. The number of rotatable bonds is 8. The fraction of sp³-hybridized carbons (Fsp3) is 0.481. The fourth-order valence-electron chi connectivity index (χ4n) is 6.13. The molecule has 13 heteroatoms. The SMILES string of the molecule is CCc1nc2sc(N3C[C@@H]4C[C@H]3CN4CCN3CC(O)C3)nn2c1N(C)c1nc(-c2ccc(F)cc2)c(C#N)s1. The molecule has 1 aromatic carbocycles. The van der Waals surface area contributed by atoms with E-state index in [0.29, 0.717) is 33.3 Å². The van der Waals surface area contributed by atoms with Gasteiger partial charge in [0, 0.05) is 64.0 Å². The van der Waals surface area contributed by atoms with Gasteiger partial charge in [0.2, 0.25) is 10.1 Å². The van der Waals surface area contributed by atoms with Crippen LogP contribution < -0.4 is 9.80 Å². The molecule has 7 rings (SSSR count). The third kappa shape index (κ3) is 4.35. The minimum Gasteiger partial charge on any atom is -0.390 e. The molecule has 0 spiro atoms. The lowest BCUT2D eigenvalue weighted by Crippen LogP contribution is -2.54. The summed E-state index contributed by atoms with van der Waals surface area (Å²) in [6, 6.07) is 9.30. The van der Waals surface area contributed by atoms with Crippen LogP contribution in [0.3, 0.4) is 0 Å². The Balaban J connectivity index is 1.13. The summed E-state index contributed by atoms with van der Waals surface area (Å²) in [7, 11) is 1.93. The largest absolute Gasteiger partial charge is 0.390 e. The molecule has 10 nitrogen and oxygen atoms in total. The van der Waals surface area contributed by atoms with Crippen molar-refractivity contribution in [3.8, 4) is 17.3 Å². The summed E-state index contributed by atoms with van der Waals surface area (Å²) < 4.78 is 15.4. The number of β-amino-alcohol motifs (C(OH)–C–C–N with tert-alkyl or cyclic N) is 1. The predicted molar refractivity (Wildman–Crippen MR) is 154 cm³/mol. The number of nitriles is 1. The molecule has 1 N–H and O–H groups in total. The summed E-state index contributed by atoms with van der Waals surface area (Å²) in [4.78, 5) is 20.3. The van der Waals surface area contributed by atoms with Crippen LogP contribution in [0.1, 0.15) is 23.9 Å². The van der Waals surface area contributed by atoms with Gasteiger partial charge in [-0.15, -0.1) is 5.10 Å². The first kappa shape index (κ1) is 25.8. The van der Waals surface area contributed by atoms with Gasteiger partial charge in [-0.3, -0.25) is 9.80 Å². The number of likely N-dealkylation sites (tertiary alicyclic amines) is 2. The maximum Gasteiger partial charge on any atom is 0.216 e. The van der Waals surface area contributed by atoms with Crippen molar-refractivity contribution >= 4 is 43.7 Å². The Labute approximate surface area is 239 Å². The molecule has 3 aromatic heterocycles. The van der Waals surface area contributed by atoms with E-state index in [-0.39, 0.29) is 11.9 Å². The van der Waals surface area contributed by atoms with Crippen molar-refractivity contribution in [3.05, 3.63) is 40.7 Å². The second-order valence-corrected chi connectivity index (χ2v) is 12.7. The molecule has 40 heavy (non-hydrogen) atoms. The smallest absolute Gasteiger partial charge is 0.216 e. The van der Waals surface area contributed by atoms with Crippen LogP contribution in [0.25, 0.3) is 16.2 Å². The third-order valence-corrected chi connectivity index (χ3v) is 10.2. The molecule has 208 valence electrons. The quantitative estimate of drug-likeness (QED) is 0.337. The second kappa shape index (κ2) is 10.0. The van der Waals surface area contributed by atoms with Crippen molar-refractivity contribution < 1.29 is 9.50 Å². The number of halogens is 1. The lowest BCUT2D eigenvalue weighted by molar-refractivity contribution is -0.00337. The predicted octanol–water partition coefficient (Wildman–Crippen LogP) is 3.19. The minimum atomic E-state index is -0.324. The Morgan fingerprint density at radius 3 is 2.58 bits per heavy atom. The highest BCUT2D eigenvalue weighted by atomic mass is 32.1. The molecule has 2 atom stereocenters. The average molecular weight is 580 g/mol. The molecule has 0 aliphatic carbocycles. The van der Waals surface area contributed by atoms with Crippen LogP contribution in [0.4, 0.5) is 20.5 Å². The van der Waals surface area contributed by atoms with E-state index in [1.54, 1.807) is 23.5 Å². The highest BCUT2D eigenvalue weighted by Gasteiger charge is 2.44. The van der Waals surface area contributed by atoms with Crippen LogP contribution in [-0.4, -0.2) is 99.0 Å². The molecule has 4 aromatic rings. The van der Waals surface area contributed by atoms with Gasteiger partial charge in [0.05, 0.1) is 11.8 Å². The van der Waals surface area contributed by atoms with E-state index in [0.717, 1.165) is 73.7 Å². The summed E-state index contributed by atoms with van der Waals surface area (Å²) in [6.45, 7) is 7.76.